The minimum Gasteiger partial charge on any atom is -0.346 e. The van der Waals surface area contributed by atoms with Gasteiger partial charge >= 0.3 is 6.03 Å². The molecule has 1 aromatic carbocycles. The highest BCUT2D eigenvalue weighted by Gasteiger charge is 2.38. The van der Waals surface area contributed by atoms with Crippen LogP contribution in [0, 0.1) is 20.8 Å². The molecule has 1 N–H and O–H groups in total. The molecule has 31 heavy (non-hydrogen) atoms. The number of nitrogens with zero attached hydrogens (tertiary/aromatic N) is 2. The summed E-state index contributed by atoms with van der Waals surface area (Å²) in [6, 6.07) is 6.68. The van der Waals surface area contributed by atoms with Crippen molar-refractivity contribution in [3.8, 4) is 0 Å². The molecule has 0 atom stereocenters. The number of aryl methyl sites for hydroxylation is 1. The van der Waals surface area contributed by atoms with Gasteiger partial charge < -0.3 is 4.57 Å². The molecule has 1 aliphatic carbocycles. The number of hydrogen-bond donors (Lipinski definition) is 1. The third kappa shape index (κ3) is 3.81. The fourth-order valence-corrected chi connectivity index (χ4v) is 4.89. The lowest BCUT2D eigenvalue weighted by atomic mass is 9.95. The Labute approximate surface area is 186 Å². The highest BCUT2D eigenvalue weighted by molar-refractivity contribution is 6.40. The number of aromatic nitrogens is 1. The number of nitrogens with one attached hydrogen (secondary N) is 1. The van der Waals surface area contributed by atoms with Gasteiger partial charge in [0.25, 0.3) is 11.8 Å². The van der Waals surface area contributed by atoms with E-state index < -0.39 is 17.8 Å². The summed E-state index contributed by atoms with van der Waals surface area (Å²) in [5.41, 5.74) is 3.85. The van der Waals surface area contributed by atoms with Crippen molar-refractivity contribution in [3.63, 3.8) is 0 Å². The van der Waals surface area contributed by atoms with Crippen LogP contribution in [0.25, 0.3) is 6.08 Å². The first-order chi connectivity index (χ1) is 14.8. The molecule has 0 spiro atoms. The van der Waals surface area contributed by atoms with Crippen molar-refractivity contribution in [1.82, 2.24) is 9.88 Å². The summed E-state index contributed by atoms with van der Waals surface area (Å²) in [4.78, 5) is 39.3. The fourth-order valence-electron chi connectivity index (χ4n) is 4.72. The number of imide groups is 2. The predicted octanol–water partition coefficient (Wildman–Crippen LogP) is 5.24. The van der Waals surface area contributed by atoms with Crippen LogP contribution in [-0.2, 0) is 9.59 Å². The Kier molecular flexibility index (Phi) is 5.75. The van der Waals surface area contributed by atoms with Crippen LogP contribution in [0.4, 0.5) is 10.5 Å². The predicted molar refractivity (Wildman–Crippen MR) is 121 cm³/mol. The van der Waals surface area contributed by atoms with E-state index in [1.807, 2.05) is 13.0 Å². The van der Waals surface area contributed by atoms with Crippen molar-refractivity contribution in [1.29, 1.82) is 0 Å². The van der Waals surface area contributed by atoms with Crippen molar-refractivity contribution in [2.45, 2.75) is 58.9 Å². The first-order valence-corrected chi connectivity index (χ1v) is 11.0. The molecule has 2 heterocycles. The second-order valence-electron chi connectivity index (χ2n) is 8.33. The minimum atomic E-state index is -0.773. The summed E-state index contributed by atoms with van der Waals surface area (Å²) in [7, 11) is 0. The van der Waals surface area contributed by atoms with Gasteiger partial charge in [-0.2, -0.15) is 0 Å². The third-order valence-corrected chi connectivity index (χ3v) is 6.75. The molecule has 1 saturated carbocycles. The Morgan fingerprint density at radius 1 is 1.06 bits per heavy atom. The minimum absolute atomic E-state index is 0.0668. The van der Waals surface area contributed by atoms with Crippen LogP contribution < -0.4 is 10.2 Å². The topological polar surface area (TPSA) is 71.4 Å². The molecule has 1 aromatic heterocycles. The molecule has 6 nitrogen and oxygen atoms in total. The Balaban J connectivity index is 1.73. The van der Waals surface area contributed by atoms with Crippen molar-refractivity contribution < 1.29 is 14.4 Å². The maximum absolute atomic E-state index is 13.2. The quantitative estimate of drug-likeness (QED) is 0.525. The molecule has 2 aliphatic rings. The first-order valence-electron chi connectivity index (χ1n) is 10.6. The van der Waals surface area contributed by atoms with E-state index in [0.717, 1.165) is 34.7 Å². The molecule has 1 aliphatic heterocycles. The van der Waals surface area contributed by atoms with Crippen molar-refractivity contribution in [2.75, 3.05) is 4.90 Å². The molecule has 0 radical (unpaired) electrons. The maximum Gasteiger partial charge on any atom is 0.335 e. The summed E-state index contributed by atoms with van der Waals surface area (Å²) in [5, 5.41) is 2.73. The summed E-state index contributed by atoms with van der Waals surface area (Å²) in [6.07, 6.45) is 7.58. The third-order valence-electron chi connectivity index (χ3n) is 6.34. The lowest BCUT2D eigenvalue weighted by molar-refractivity contribution is -0.122. The van der Waals surface area contributed by atoms with E-state index >= 15 is 0 Å². The molecular weight excluding hydrogens is 414 g/mol. The van der Waals surface area contributed by atoms with Gasteiger partial charge in [0.15, 0.2) is 0 Å². The fraction of sp³-hybridized carbons (Fsp3) is 0.375. The van der Waals surface area contributed by atoms with E-state index in [0.29, 0.717) is 22.3 Å². The lowest BCUT2D eigenvalue weighted by Gasteiger charge is -2.28. The number of anilines is 1. The maximum atomic E-state index is 13.2. The Morgan fingerprint density at radius 3 is 2.48 bits per heavy atom. The number of carbonyl (C=O) groups excluding carboxylic acids is 3. The summed E-state index contributed by atoms with van der Waals surface area (Å²) < 4.78 is 2.32. The largest absolute Gasteiger partial charge is 0.346 e. The van der Waals surface area contributed by atoms with Crippen molar-refractivity contribution in [2.24, 2.45) is 0 Å². The average Bonchev–Trinajstić information content (AvgIpc) is 3.02. The molecule has 0 unspecified atom stereocenters. The zero-order chi connectivity index (χ0) is 22.3. The monoisotopic (exact) mass is 439 g/mol. The highest BCUT2D eigenvalue weighted by Crippen LogP contribution is 2.34. The van der Waals surface area contributed by atoms with Gasteiger partial charge in [-0.05, 0) is 69.0 Å². The zero-order valence-electron chi connectivity index (χ0n) is 18.0. The molecule has 2 aromatic rings. The van der Waals surface area contributed by atoms with Crippen molar-refractivity contribution in [3.05, 3.63) is 57.4 Å². The number of halogens is 1. The van der Waals surface area contributed by atoms with Crippen LogP contribution in [0.3, 0.4) is 0 Å². The molecule has 2 fully saturated rings. The summed E-state index contributed by atoms with van der Waals surface area (Å²) >= 11 is 6.18. The SMILES string of the molecule is Cc1c(Cl)cccc1N1C(=O)NC(=O)/C(=C\c2cc(C)n(C3CCCCC3)c2C)C1=O. The van der Waals surface area contributed by atoms with Gasteiger partial charge in [0.05, 0.1) is 5.69 Å². The van der Waals surface area contributed by atoms with E-state index in [-0.39, 0.29) is 5.57 Å². The van der Waals surface area contributed by atoms with Crippen LogP contribution in [0.15, 0.2) is 29.8 Å². The molecule has 0 bridgehead atoms. The molecule has 7 heteroatoms. The van der Waals surface area contributed by atoms with Gasteiger partial charge in [-0.25, -0.2) is 9.69 Å². The number of urea groups is 1. The van der Waals surface area contributed by atoms with Gasteiger partial charge in [-0.15, -0.1) is 0 Å². The Hall–Kier alpha value is -2.86. The van der Waals surface area contributed by atoms with Crippen LogP contribution in [0.2, 0.25) is 5.02 Å². The van der Waals surface area contributed by atoms with Gasteiger partial charge in [-0.1, -0.05) is 36.9 Å². The molecule has 1 saturated heterocycles. The number of hydrogen-bond acceptors (Lipinski definition) is 3. The van der Waals surface area contributed by atoms with Gasteiger partial charge in [0.1, 0.15) is 5.57 Å². The van der Waals surface area contributed by atoms with Crippen LogP contribution >= 0.6 is 11.6 Å². The second-order valence-corrected chi connectivity index (χ2v) is 8.74. The smallest absolute Gasteiger partial charge is 0.335 e. The first kappa shape index (κ1) is 21.4. The van der Waals surface area contributed by atoms with Crippen LogP contribution in [0.5, 0.6) is 0 Å². The molecule has 4 amide bonds. The molecule has 4 rings (SSSR count). The summed E-state index contributed by atoms with van der Waals surface area (Å²) in [5.74, 6) is -1.34. The van der Waals surface area contributed by atoms with Crippen molar-refractivity contribution >= 4 is 41.2 Å². The number of benzene rings is 1. The van der Waals surface area contributed by atoms with E-state index in [4.69, 9.17) is 11.6 Å². The van der Waals surface area contributed by atoms with E-state index in [1.165, 1.54) is 19.3 Å². The lowest BCUT2D eigenvalue weighted by Crippen LogP contribution is -2.54. The number of rotatable bonds is 3. The Morgan fingerprint density at radius 2 is 1.77 bits per heavy atom. The Bertz CT molecular complexity index is 1110. The van der Waals surface area contributed by atoms with E-state index in [1.54, 1.807) is 31.2 Å². The molecular formula is C24H26ClN3O3. The number of amides is 4. The molecule has 162 valence electrons. The normalized spacial score (nSPS) is 19.3. The standard InChI is InChI=1S/C24H26ClN3O3/c1-14-12-17(16(3)27(14)18-8-5-4-6-9-18)13-19-22(29)26-24(31)28(23(19)30)21-11-7-10-20(25)15(21)2/h7,10-13,18H,4-6,8-9H2,1-3H3,(H,26,29,31)/b19-13+. The van der Waals surface area contributed by atoms with Gasteiger partial charge in [-0.3, -0.25) is 14.9 Å². The van der Waals surface area contributed by atoms with Gasteiger partial charge in [0, 0.05) is 22.5 Å². The summed E-state index contributed by atoms with van der Waals surface area (Å²) in [6.45, 7) is 5.80. The zero-order valence-corrected chi connectivity index (χ0v) is 18.8. The van der Waals surface area contributed by atoms with Gasteiger partial charge in [0.2, 0.25) is 0 Å². The van der Waals surface area contributed by atoms with Crippen LogP contribution in [0.1, 0.15) is 60.7 Å². The second kappa shape index (κ2) is 8.35. The highest BCUT2D eigenvalue weighted by atomic mass is 35.5. The number of barbiturate groups is 1. The van der Waals surface area contributed by atoms with Crippen LogP contribution in [-0.4, -0.2) is 22.4 Å². The van der Waals surface area contributed by atoms with E-state index in [9.17, 15) is 14.4 Å². The van der Waals surface area contributed by atoms with E-state index in [2.05, 4.69) is 16.8 Å². The number of carbonyl (C=O) groups is 3. The average molecular weight is 440 g/mol.